The van der Waals surface area contributed by atoms with E-state index in [1.165, 1.54) is 22.9 Å². The summed E-state index contributed by atoms with van der Waals surface area (Å²) in [5, 5.41) is 13.8. The number of carbonyl (C=O) groups excluding carboxylic acids is 1. The zero-order chi connectivity index (χ0) is 22.4. The molecule has 0 unspecified atom stereocenters. The number of aryl methyl sites for hydroxylation is 1. The van der Waals surface area contributed by atoms with Crippen LogP contribution < -0.4 is 19.5 Å². The van der Waals surface area contributed by atoms with Crippen LogP contribution in [0.15, 0.2) is 30.3 Å². The van der Waals surface area contributed by atoms with Crippen LogP contribution in [0.3, 0.4) is 0 Å². The van der Waals surface area contributed by atoms with Crippen molar-refractivity contribution in [3.63, 3.8) is 0 Å². The Hall–Kier alpha value is -3.69. The fourth-order valence-electron chi connectivity index (χ4n) is 2.93. The molecule has 0 aliphatic heterocycles. The number of hydrogen-bond acceptors (Lipinski definition) is 7. The first-order chi connectivity index (χ1) is 15.0. The normalized spacial score (nSPS) is 10.6. The van der Waals surface area contributed by atoms with Crippen LogP contribution in [0.5, 0.6) is 17.2 Å². The predicted molar refractivity (Wildman–Crippen MR) is 112 cm³/mol. The molecule has 3 rings (SSSR count). The Kier molecular flexibility index (Phi) is 7.01. The van der Waals surface area contributed by atoms with Crippen molar-refractivity contribution in [1.82, 2.24) is 20.2 Å². The standard InChI is InChI=1S/C21H24FN5O4/c1-5-29-18-10-14(11-19(30-6-2)20(18)31-7-3)21(28)23-17-12-15(8-9-16(17)22)27-13(4)24-25-26-27/h8-12H,5-7H2,1-4H3,(H,23,28). The molecule has 1 N–H and O–H groups in total. The molecule has 2 aromatic carbocycles. The Balaban J connectivity index is 1.95. The van der Waals surface area contributed by atoms with Gasteiger partial charge in [0, 0.05) is 5.56 Å². The molecule has 0 aliphatic rings. The van der Waals surface area contributed by atoms with E-state index >= 15 is 0 Å². The summed E-state index contributed by atoms with van der Waals surface area (Å²) in [5.41, 5.74) is 0.733. The molecule has 3 aromatic rings. The highest BCUT2D eigenvalue weighted by molar-refractivity contribution is 6.05. The predicted octanol–water partition coefficient (Wildman–Crippen LogP) is 3.56. The van der Waals surface area contributed by atoms with E-state index in [1.807, 2.05) is 20.8 Å². The summed E-state index contributed by atoms with van der Waals surface area (Å²) >= 11 is 0. The number of anilines is 1. The van der Waals surface area contributed by atoms with Crippen LogP contribution in [-0.4, -0.2) is 45.9 Å². The first-order valence-corrected chi connectivity index (χ1v) is 9.91. The molecule has 0 saturated carbocycles. The quantitative estimate of drug-likeness (QED) is 0.555. The van der Waals surface area contributed by atoms with Crippen LogP contribution in [0.1, 0.15) is 37.0 Å². The van der Waals surface area contributed by atoms with Gasteiger partial charge >= 0.3 is 0 Å². The van der Waals surface area contributed by atoms with Crippen LogP contribution in [0.25, 0.3) is 5.69 Å². The van der Waals surface area contributed by atoms with Crippen molar-refractivity contribution < 1.29 is 23.4 Å². The van der Waals surface area contributed by atoms with Gasteiger partial charge in [-0.25, -0.2) is 4.39 Å². The van der Waals surface area contributed by atoms with Crippen molar-refractivity contribution >= 4 is 11.6 Å². The van der Waals surface area contributed by atoms with E-state index in [0.717, 1.165) is 0 Å². The Morgan fingerprint density at radius 3 is 2.23 bits per heavy atom. The van der Waals surface area contributed by atoms with Crippen molar-refractivity contribution in [2.24, 2.45) is 0 Å². The number of hydrogen-bond donors (Lipinski definition) is 1. The molecule has 1 amide bonds. The average Bonchev–Trinajstić information content (AvgIpc) is 3.18. The van der Waals surface area contributed by atoms with Crippen molar-refractivity contribution in [2.75, 3.05) is 25.1 Å². The number of benzene rings is 2. The summed E-state index contributed by atoms with van der Waals surface area (Å²) < 4.78 is 32.8. The summed E-state index contributed by atoms with van der Waals surface area (Å²) in [7, 11) is 0. The molecule has 0 fully saturated rings. The number of tetrazole rings is 1. The van der Waals surface area contributed by atoms with E-state index in [-0.39, 0.29) is 11.3 Å². The summed E-state index contributed by atoms with van der Waals surface area (Å²) in [6.45, 7) is 8.35. The van der Waals surface area contributed by atoms with Gasteiger partial charge < -0.3 is 19.5 Å². The SMILES string of the molecule is CCOc1cc(C(=O)Nc2cc(-n3nnnc3C)ccc2F)cc(OCC)c1OCC. The number of aromatic nitrogens is 4. The third-order valence-electron chi connectivity index (χ3n) is 4.24. The minimum Gasteiger partial charge on any atom is -0.490 e. The second kappa shape index (κ2) is 9.88. The number of rotatable bonds is 9. The molecule has 0 aliphatic carbocycles. The van der Waals surface area contributed by atoms with E-state index in [9.17, 15) is 9.18 Å². The largest absolute Gasteiger partial charge is 0.490 e. The molecule has 164 valence electrons. The van der Waals surface area contributed by atoms with Gasteiger partial charge in [0.05, 0.1) is 31.2 Å². The minimum absolute atomic E-state index is 0.0118. The van der Waals surface area contributed by atoms with Crippen molar-refractivity contribution in [3.05, 3.63) is 47.5 Å². The lowest BCUT2D eigenvalue weighted by molar-refractivity contribution is 0.102. The smallest absolute Gasteiger partial charge is 0.256 e. The third kappa shape index (κ3) is 4.90. The minimum atomic E-state index is -0.594. The van der Waals surface area contributed by atoms with E-state index < -0.39 is 11.7 Å². The van der Waals surface area contributed by atoms with Gasteiger partial charge in [-0.1, -0.05) is 0 Å². The summed E-state index contributed by atoms with van der Waals surface area (Å²) in [4.78, 5) is 12.9. The van der Waals surface area contributed by atoms with E-state index in [2.05, 4.69) is 20.8 Å². The molecular formula is C21H24FN5O4. The lowest BCUT2D eigenvalue weighted by Gasteiger charge is -2.17. The van der Waals surface area contributed by atoms with Gasteiger partial charge in [-0.2, -0.15) is 4.68 Å². The molecule has 9 nitrogen and oxygen atoms in total. The topological polar surface area (TPSA) is 100 Å². The molecule has 0 atom stereocenters. The molecule has 1 aromatic heterocycles. The number of nitrogens with zero attached hydrogens (tertiary/aromatic N) is 4. The number of halogens is 1. The second-order valence-corrected chi connectivity index (χ2v) is 6.36. The Bertz CT molecular complexity index is 1040. The Morgan fingerprint density at radius 1 is 1.03 bits per heavy atom. The zero-order valence-corrected chi connectivity index (χ0v) is 17.8. The highest BCUT2D eigenvalue weighted by atomic mass is 19.1. The van der Waals surface area contributed by atoms with E-state index in [4.69, 9.17) is 14.2 Å². The first kappa shape index (κ1) is 22.0. The fraction of sp³-hybridized carbons (Fsp3) is 0.333. The molecule has 0 spiro atoms. The van der Waals surface area contributed by atoms with Gasteiger partial charge in [0.25, 0.3) is 5.91 Å². The van der Waals surface area contributed by atoms with Crippen LogP contribution in [0.2, 0.25) is 0 Å². The van der Waals surface area contributed by atoms with Crippen molar-refractivity contribution in [3.8, 4) is 22.9 Å². The van der Waals surface area contributed by atoms with Gasteiger partial charge in [-0.15, -0.1) is 5.10 Å². The van der Waals surface area contributed by atoms with Crippen LogP contribution in [0.4, 0.5) is 10.1 Å². The number of ether oxygens (including phenoxy) is 3. The van der Waals surface area contributed by atoms with Crippen molar-refractivity contribution in [2.45, 2.75) is 27.7 Å². The Labute approximate surface area is 179 Å². The third-order valence-corrected chi connectivity index (χ3v) is 4.24. The lowest BCUT2D eigenvalue weighted by Crippen LogP contribution is -2.15. The van der Waals surface area contributed by atoms with E-state index in [1.54, 1.807) is 19.1 Å². The molecule has 10 heteroatoms. The highest BCUT2D eigenvalue weighted by Gasteiger charge is 2.19. The monoisotopic (exact) mass is 429 g/mol. The molecule has 0 radical (unpaired) electrons. The average molecular weight is 429 g/mol. The maximum Gasteiger partial charge on any atom is 0.256 e. The van der Waals surface area contributed by atoms with Crippen LogP contribution >= 0.6 is 0 Å². The summed E-state index contributed by atoms with van der Waals surface area (Å²) in [5.74, 6) is 0.569. The van der Waals surface area contributed by atoms with E-state index in [0.29, 0.717) is 48.6 Å². The maximum atomic E-state index is 14.4. The fourth-order valence-corrected chi connectivity index (χ4v) is 2.93. The molecular weight excluding hydrogens is 405 g/mol. The summed E-state index contributed by atoms with van der Waals surface area (Å²) in [6.07, 6.45) is 0. The maximum absolute atomic E-state index is 14.4. The van der Waals surface area contributed by atoms with Crippen LogP contribution in [-0.2, 0) is 0 Å². The van der Waals surface area contributed by atoms with Gasteiger partial charge in [0.15, 0.2) is 17.3 Å². The van der Waals surface area contributed by atoms with Crippen molar-refractivity contribution in [1.29, 1.82) is 0 Å². The lowest BCUT2D eigenvalue weighted by atomic mass is 10.1. The molecule has 0 saturated heterocycles. The summed E-state index contributed by atoms with van der Waals surface area (Å²) in [6, 6.07) is 7.30. The van der Waals surface area contributed by atoms with Gasteiger partial charge in [-0.05, 0) is 68.5 Å². The van der Waals surface area contributed by atoms with Crippen LogP contribution in [0, 0.1) is 12.7 Å². The number of nitrogens with one attached hydrogen (secondary N) is 1. The molecule has 0 bridgehead atoms. The number of carbonyl (C=O) groups is 1. The van der Waals surface area contributed by atoms with Gasteiger partial charge in [-0.3, -0.25) is 4.79 Å². The van der Waals surface area contributed by atoms with Gasteiger partial charge in [0.1, 0.15) is 5.82 Å². The highest BCUT2D eigenvalue weighted by Crippen LogP contribution is 2.39. The first-order valence-electron chi connectivity index (χ1n) is 9.91. The molecule has 1 heterocycles. The second-order valence-electron chi connectivity index (χ2n) is 6.36. The Morgan fingerprint density at radius 2 is 1.68 bits per heavy atom. The van der Waals surface area contributed by atoms with Gasteiger partial charge in [0.2, 0.25) is 5.75 Å². The molecule has 31 heavy (non-hydrogen) atoms. The zero-order valence-electron chi connectivity index (χ0n) is 17.8. The number of amides is 1.